The highest BCUT2D eigenvalue weighted by Gasteiger charge is 2.62. The van der Waals surface area contributed by atoms with Gasteiger partial charge in [-0.2, -0.15) is 0 Å². The van der Waals surface area contributed by atoms with E-state index < -0.39 is 0 Å². The standard InChI is InChI=1S/C20H29NO2/c1-19-8-7-16-14(15(19)4-5-18(19)23)3-2-12-10-13(22)6-9-20(12,16)17-11-21-17/h10,13-16,18,22-23H,2-9,11H2,1H3/t13-,14-,15-,16-,18-,19-,20+/m0/s1. The average molecular weight is 315 g/mol. The number of aliphatic hydroxyl groups is 2. The lowest BCUT2D eigenvalue weighted by atomic mass is 9.46. The third-order valence-electron chi connectivity index (χ3n) is 8.40. The van der Waals surface area contributed by atoms with E-state index in [1.165, 1.54) is 37.0 Å². The summed E-state index contributed by atoms with van der Waals surface area (Å²) in [5.41, 5.74) is 3.29. The minimum absolute atomic E-state index is 0.0900. The van der Waals surface area contributed by atoms with Crippen LogP contribution in [0.5, 0.6) is 0 Å². The second-order valence-corrected chi connectivity index (χ2v) is 9.09. The second kappa shape index (κ2) is 4.70. The SMILES string of the molecule is C[C@]12CC[C@H]3[C@@H](CCC4=C[C@@H](O)CC[C@@]43C3=NC3)[C@@H]1CC[C@@H]2O. The average Bonchev–Trinajstić information content (AvgIpc) is 3.34. The Labute approximate surface area is 138 Å². The Kier molecular flexibility index (Phi) is 2.99. The summed E-state index contributed by atoms with van der Waals surface area (Å²) >= 11 is 0. The van der Waals surface area contributed by atoms with Crippen molar-refractivity contribution in [3.05, 3.63) is 11.6 Å². The van der Waals surface area contributed by atoms with Gasteiger partial charge in [-0.1, -0.05) is 18.6 Å². The van der Waals surface area contributed by atoms with Crippen molar-refractivity contribution in [2.75, 3.05) is 6.54 Å². The van der Waals surface area contributed by atoms with Crippen LogP contribution < -0.4 is 0 Å². The quantitative estimate of drug-likeness (QED) is 0.731. The molecule has 0 aromatic heterocycles. The van der Waals surface area contributed by atoms with Crippen molar-refractivity contribution in [1.82, 2.24) is 0 Å². The fourth-order valence-corrected chi connectivity index (χ4v) is 7.19. The van der Waals surface area contributed by atoms with Gasteiger partial charge >= 0.3 is 0 Å². The Morgan fingerprint density at radius 1 is 1.04 bits per heavy atom. The van der Waals surface area contributed by atoms with Crippen LogP contribution >= 0.6 is 0 Å². The van der Waals surface area contributed by atoms with Gasteiger partial charge in [0.1, 0.15) is 0 Å². The Morgan fingerprint density at radius 3 is 2.65 bits per heavy atom. The Bertz CT molecular complexity index is 596. The van der Waals surface area contributed by atoms with Crippen molar-refractivity contribution in [2.45, 2.75) is 70.5 Å². The first-order valence-electron chi connectivity index (χ1n) is 9.67. The first kappa shape index (κ1) is 14.7. The molecule has 0 amide bonds. The van der Waals surface area contributed by atoms with Gasteiger partial charge in [0.2, 0.25) is 0 Å². The summed E-state index contributed by atoms with van der Waals surface area (Å²) in [6.45, 7) is 3.31. The second-order valence-electron chi connectivity index (χ2n) is 9.09. The Morgan fingerprint density at radius 2 is 1.87 bits per heavy atom. The molecule has 23 heavy (non-hydrogen) atoms. The number of allylic oxidation sites excluding steroid dienone is 1. The predicted molar refractivity (Wildman–Crippen MR) is 90.3 cm³/mol. The number of hydrogen-bond acceptors (Lipinski definition) is 3. The van der Waals surface area contributed by atoms with Gasteiger partial charge in [-0.15, -0.1) is 0 Å². The van der Waals surface area contributed by atoms with Crippen LogP contribution in [0.3, 0.4) is 0 Å². The normalized spacial score (nSPS) is 54.5. The van der Waals surface area contributed by atoms with Crippen molar-refractivity contribution in [1.29, 1.82) is 0 Å². The summed E-state index contributed by atoms with van der Waals surface area (Å²) in [5.74, 6) is 2.15. The van der Waals surface area contributed by atoms with E-state index in [-0.39, 0.29) is 23.0 Å². The molecule has 2 N–H and O–H groups in total. The number of fused-ring (bicyclic) bond motifs is 5. The van der Waals surface area contributed by atoms with Crippen LogP contribution in [0.1, 0.15) is 58.3 Å². The number of aliphatic hydroxyl groups excluding tert-OH is 2. The van der Waals surface area contributed by atoms with Crippen LogP contribution in [0, 0.1) is 28.6 Å². The highest BCUT2D eigenvalue weighted by molar-refractivity contribution is 6.04. The van der Waals surface area contributed by atoms with Crippen molar-refractivity contribution < 1.29 is 10.2 Å². The van der Waals surface area contributed by atoms with E-state index in [4.69, 9.17) is 0 Å². The van der Waals surface area contributed by atoms with Gasteiger partial charge in [0.05, 0.1) is 18.8 Å². The van der Waals surface area contributed by atoms with E-state index in [0.29, 0.717) is 11.8 Å². The molecule has 0 saturated heterocycles. The summed E-state index contributed by atoms with van der Waals surface area (Å²) in [7, 11) is 0. The lowest BCUT2D eigenvalue weighted by Crippen LogP contribution is -2.54. The highest BCUT2D eigenvalue weighted by atomic mass is 16.3. The summed E-state index contributed by atoms with van der Waals surface area (Å²) in [5, 5.41) is 20.7. The maximum atomic E-state index is 10.6. The number of aliphatic imine (C=N–C) groups is 1. The van der Waals surface area contributed by atoms with Gasteiger partial charge < -0.3 is 10.2 Å². The molecule has 5 aliphatic rings. The zero-order chi connectivity index (χ0) is 15.8. The molecule has 4 aliphatic carbocycles. The molecule has 5 rings (SSSR count). The van der Waals surface area contributed by atoms with E-state index in [1.807, 2.05) is 0 Å². The van der Waals surface area contributed by atoms with Gasteiger partial charge in [-0.25, -0.2) is 0 Å². The van der Waals surface area contributed by atoms with Crippen molar-refractivity contribution in [3.63, 3.8) is 0 Å². The van der Waals surface area contributed by atoms with Crippen LogP contribution in [0.2, 0.25) is 0 Å². The van der Waals surface area contributed by atoms with Crippen LogP contribution in [0.25, 0.3) is 0 Å². The van der Waals surface area contributed by atoms with Gasteiger partial charge in [0, 0.05) is 11.1 Å². The van der Waals surface area contributed by atoms with Crippen molar-refractivity contribution in [2.24, 2.45) is 33.6 Å². The molecule has 0 radical (unpaired) electrons. The smallest absolute Gasteiger partial charge is 0.0777 e. The first-order valence-corrected chi connectivity index (χ1v) is 9.67. The molecule has 3 saturated carbocycles. The van der Waals surface area contributed by atoms with E-state index in [1.54, 1.807) is 0 Å². The third-order valence-corrected chi connectivity index (χ3v) is 8.40. The van der Waals surface area contributed by atoms with Crippen molar-refractivity contribution >= 4 is 5.71 Å². The summed E-state index contributed by atoms with van der Waals surface area (Å²) in [4.78, 5) is 4.68. The molecule has 0 aromatic carbocycles. The molecule has 3 fully saturated rings. The molecule has 7 atom stereocenters. The fraction of sp³-hybridized carbons (Fsp3) is 0.850. The molecule has 1 heterocycles. The van der Waals surface area contributed by atoms with Gasteiger partial charge in [-0.05, 0) is 74.5 Å². The first-order chi connectivity index (χ1) is 11.1. The zero-order valence-corrected chi connectivity index (χ0v) is 14.2. The third kappa shape index (κ3) is 1.81. The predicted octanol–water partition coefficient (Wildman–Crippen LogP) is 3.11. The molecule has 1 aliphatic heterocycles. The molecule has 0 unspecified atom stereocenters. The summed E-state index contributed by atoms with van der Waals surface area (Å²) < 4.78 is 0. The molecule has 126 valence electrons. The van der Waals surface area contributed by atoms with Gasteiger partial charge in [0.15, 0.2) is 0 Å². The largest absolute Gasteiger partial charge is 0.393 e. The molecule has 3 nitrogen and oxygen atoms in total. The molecule has 0 bridgehead atoms. The number of nitrogens with zero attached hydrogens (tertiary/aromatic N) is 1. The fourth-order valence-electron chi connectivity index (χ4n) is 7.19. The maximum absolute atomic E-state index is 10.6. The Hall–Kier alpha value is -0.670. The van der Waals surface area contributed by atoms with Gasteiger partial charge in [-0.3, -0.25) is 4.99 Å². The van der Waals surface area contributed by atoms with Crippen LogP contribution in [-0.4, -0.2) is 34.7 Å². The molecule has 0 spiro atoms. The summed E-state index contributed by atoms with van der Waals surface area (Å²) in [6.07, 6.45) is 10.9. The molecular weight excluding hydrogens is 286 g/mol. The van der Waals surface area contributed by atoms with Crippen LogP contribution in [0.4, 0.5) is 0 Å². The minimum Gasteiger partial charge on any atom is -0.393 e. The summed E-state index contributed by atoms with van der Waals surface area (Å²) in [6, 6.07) is 0. The van der Waals surface area contributed by atoms with E-state index in [0.717, 1.165) is 38.1 Å². The topological polar surface area (TPSA) is 52.8 Å². The zero-order valence-electron chi connectivity index (χ0n) is 14.2. The van der Waals surface area contributed by atoms with E-state index in [9.17, 15) is 10.2 Å². The maximum Gasteiger partial charge on any atom is 0.0777 e. The van der Waals surface area contributed by atoms with Gasteiger partial charge in [0.25, 0.3) is 0 Å². The van der Waals surface area contributed by atoms with Crippen LogP contribution in [-0.2, 0) is 0 Å². The highest BCUT2D eigenvalue weighted by Crippen LogP contribution is 2.66. The minimum atomic E-state index is -0.240. The van der Waals surface area contributed by atoms with Crippen molar-refractivity contribution in [3.8, 4) is 0 Å². The van der Waals surface area contributed by atoms with E-state index in [2.05, 4.69) is 18.0 Å². The molecule has 3 heteroatoms. The number of rotatable bonds is 1. The van der Waals surface area contributed by atoms with Crippen LogP contribution in [0.15, 0.2) is 16.6 Å². The molecular formula is C20H29NO2. The number of hydrogen-bond donors (Lipinski definition) is 2. The lowest BCUT2D eigenvalue weighted by Gasteiger charge is -2.58. The Balaban J connectivity index is 1.56. The molecule has 0 aromatic rings. The lowest BCUT2D eigenvalue weighted by molar-refractivity contribution is -0.0647. The van der Waals surface area contributed by atoms with E-state index >= 15 is 0 Å². The monoisotopic (exact) mass is 315 g/mol.